The van der Waals surface area contributed by atoms with Crippen molar-refractivity contribution in [1.82, 2.24) is 19.5 Å². The Balaban J connectivity index is 1.41. The zero-order valence-corrected chi connectivity index (χ0v) is 16.6. The minimum Gasteiger partial charge on any atom is -0.490 e. The first-order valence-electron chi connectivity index (χ1n) is 9.67. The van der Waals surface area contributed by atoms with Crippen LogP contribution in [0.3, 0.4) is 0 Å². The summed E-state index contributed by atoms with van der Waals surface area (Å²) in [7, 11) is 0. The average molecular weight is 398 g/mol. The van der Waals surface area contributed by atoms with E-state index in [1.165, 1.54) is 27.5 Å². The van der Waals surface area contributed by atoms with E-state index < -0.39 is 0 Å². The van der Waals surface area contributed by atoms with Crippen LogP contribution >= 0.6 is 11.3 Å². The third kappa shape index (κ3) is 3.27. The van der Waals surface area contributed by atoms with E-state index in [1.54, 1.807) is 0 Å². The summed E-state index contributed by atoms with van der Waals surface area (Å²) in [4.78, 5) is 19.6. The van der Waals surface area contributed by atoms with Gasteiger partial charge in [0, 0.05) is 24.2 Å². The number of rotatable bonds is 3. The third-order valence-electron chi connectivity index (χ3n) is 5.27. The molecule has 3 aromatic rings. The van der Waals surface area contributed by atoms with Crippen LogP contribution in [-0.2, 0) is 6.54 Å². The van der Waals surface area contributed by atoms with E-state index in [9.17, 15) is 4.79 Å². The van der Waals surface area contributed by atoms with Crippen molar-refractivity contribution in [3.63, 3.8) is 0 Å². The second-order valence-corrected chi connectivity index (χ2v) is 8.35. The highest BCUT2D eigenvalue weighted by molar-refractivity contribution is 7.16. The summed E-state index contributed by atoms with van der Waals surface area (Å²) in [6.45, 7) is 4.95. The van der Waals surface area contributed by atoms with Gasteiger partial charge in [-0.3, -0.25) is 9.69 Å². The summed E-state index contributed by atoms with van der Waals surface area (Å²) in [5.74, 6) is 1.67. The van der Waals surface area contributed by atoms with Gasteiger partial charge < -0.3 is 9.47 Å². The standard InChI is InChI=1S/C20H22N4O3S/c1-13-10-19(25)24-20(21-13)28-18(22-24)12-23-7-2-4-15(23)14-5-6-16-17(11-14)27-9-3-8-26-16/h5-6,10-11,15H,2-4,7-9,12H2,1H3/t15-/m1/s1. The maximum absolute atomic E-state index is 12.1. The van der Waals surface area contributed by atoms with Gasteiger partial charge >= 0.3 is 0 Å². The highest BCUT2D eigenvalue weighted by Gasteiger charge is 2.28. The number of hydrogen-bond donors (Lipinski definition) is 0. The first kappa shape index (κ1) is 17.6. The predicted molar refractivity (Wildman–Crippen MR) is 106 cm³/mol. The molecule has 2 aliphatic rings. The Bertz CT molecular complexity index is 1080. The Morgan fingerprint density at radius 1 is 1.18 bits per heavy atom. The highest BCUT2D eigenvalue weighted by Crippen LogP contribution is 2.38. The SMILES string of the molecule is Cc1cc(=O)n2nc(CN3CCC[C@@H]3c3ccc4c(c3)OCCCO4)sc2n1. The Morgan fingerprint density at radius 3 is 2.93 bits per heavy atom. The van der Waals surface area contributed by atoms with Gasteiger partial charge in [-0.05, 0) is 44.0 Å². The lowest BCUT2D eigenvalue weighted by Gasteiger charge is -2.24. The smallest absolute Gasteiger partial charge is 0.275 e. The highest BCUT2D eigenvalue weighted by atomic mass is 32.1. The van der Waals surface area contributed by atoms with Crippen LogP contribution in [0.4, 0.5) is 0 Å². The van der Waals surface area contributed by atoms with Gasteiger partial charge in [-0.1, -0.05) is 17.4 Å². The third-order valence-corrected chi connectivity index (χ3v) is 6.17. The Kier molecular flexibility index (Phi) is 4.52. The molecule has 1 atom stereocenters. The molecule has 0 radical (unpaired) electrons. The second-order valence-electron chi connectivity index (χ2n) is 7.31. The summed E-state index contributed by atoms with van der Waals surface area (Å²) in [5, 5.41) is 5.41. The summed E-state index contributed by atoms with van der Waals surface area (Å²) >= 11 is 1.49. The summed E-state index contributed by atoms with van der Waals surface area (Å²) in [6.07, 6.45) is 3.15. The van der Waals surface area contributed by atoms with Crippen LogP contribution in [0.2, 0.25) is 0 Å². The molecular weight excluding hydrogens is 376 g/mol. The monoisotopic (exact) mass is 398 g/mol. The first-order chi connectivity index (χ1) is 13.7. The van der Waals surface area contributed by atoms with Crippen molar-refractivity contribution in [2.75, 3.05) is 19.8 Å². The lowest BCUT2D eigenvalue weighted by Crippen LogP contribution is -2.23. The van der Waals surface area contributed by atoms with Crippen LogP contribution in [0.5, 0.6) is 11.5 Å². The van der Waals surface area contributed by atoms with Gasteiger partial charge in [-0.15, -0.1) is 0 Å². The normalized spacial score (nSPS) is 19.8. The number of benzene rings is 1. The quantitative estimate of drug-likeness (QED) is 0.676. The molecule has 2 aromatic heterocycles. The number of likely N-dealkylation sites (tertiary alicyclic amines) is 1. The van der Waals surface area contributed by atoms with Gasteiger partial charge in [0.15, 0.2) is 11.5 Å². The molecule has 0 unspecified atom stereocenters. The number of ether oxygens (including phenoxy) is 2. The number of hydrogen-bond acceptors (Lipinski definition) is 7. The first-order valence-corrected chi connectivity index (χ1v) is 10.5. The van der Waals surface area contributed by atoms with E-state index in [1.807, 2.05) is 13.0 Å². The van der Waals surface area contributed by atoms with Crippen LogP contribution < -0.4 is 15.0 Å². The number of aryl methyl sites for hydroxylation is 1. The maximum Gasteiger partial charge on any atom is 0.275 e. The Labute approximate surface area is 166 Å². The van der Waals surface area contributed by atoms with Crippen LogP contribution in [-0.4, -0.2) is 39.3 Å². The van der Waals surface area contributed by atoms with Gasteiger partial charge in [0.05, 0.1) is 19.8 Å². The zero-order valence-electron chi connectivity index (χ0n) is 15.8. The van der Waals surface area contributed by atoms with E-state index in [2.05, 4.69) is 27.1 Å². The minimum absolute atomic E-state index is 0.120. The van der Waals surface area contributed by atoms with Crippen LogP contribution in [0.1, 0.15) is 41.6 Å². The predicted octanol–water partition coefficient (Wildman–Crippen LogP) is 2.96. The van der Waals surface area contributed by atoms with Crippen molar-refractivity contribution in [3.05, 3.63) is 50.9 Å². The van der Waals surface area contributed by atoms with Gasteiger partial charge in [-0.2, -0.15) is 9.61 Å². The fraction of sp³-hybridized carbons (Fsp3) is 0.450. The largest absolute Gasteiger partial charge is 0.490 e. The molecule has 5 rings (SSSR count). The Morgan fingerprint density at radius 2 is 2.04 bits per heavy atom. The van der Waals surface area contributed by atoms with Crippen molar-refractivity contribution in [2.24, 2.45) is 0 Å². The number of nitrogens with zero attached hydrogens (tertiary/aromatic N) is 4. The van der Waals surface area contributed by atoms with E-state index in [0.29, 0.717) is 30.8 Å². The van der Waals surface area contributed by atoms with E-state index in [0.717, 1.165) is 48.0 Å². The minimum atomic E-state index is -0.120. The van der Waals surface area contributed by atoms with Gasteiger partial charge in [-0.25, -0.2) is 4.98 Å². The molecule has 1 aromatic carbocycles. The lowest BCUT2D eigenvalue weighted by molar-refractivity contribution is 0.246. The van der Waals surface area contributed by atoms with Gasteiger partial charge in [0.25, 0.3) is 5.56 Å². The fourth-order valence-electron chi connectivity index (χ4n) is 3.98. The molecule has 0 amide bonds. The molecule has 146 valence electrons. The molecule has 8 heteroatoms. The van der Waals surface area contributed by atoms with Crippen molar-refractivity contribution < 1.29 is 9.47 Å². The molecule has 0 bridgehead atoms. The van der Waals surface area contributed by atoms with Crippen LogP contribution in [0.15, 0.2) is 29.1 Å². The number of aromatic nitrogens is 3. The summed E-state index contributed by atoms with van der Waals surface area (Å²) in [5.41, 5.74) is 1.85. The average Bonchev–Trinajstić information content (AvgIpc) is 3.22. The molecule has 0 aliphatic carbocycles. The van der Waals surface area contributed by atoms with Crippen molar-refractivity contribution >= 4 is 16.3 Å². The van der Waals surface area contributed by atoms with Crippen LogP contribution in [0, 0.1) is 6.92 Å². The molecule has 1 saturated heterocycles. The van der Waals surface area contributed by atoms with Crippen molar-refractivity contribution in [1.29, 1.82) is 0 Å². The molecular formula is C20H22N4O3S. The second kappa shape index (κ2) is 7.18. The molecule has 4 heterocycles. The molecule has 28 heavy (non-hydrogen) atoms. The summed E-state index contributed by atoms with van der Waals surface area (Å²) in [6, 6.07) is 8.13. The molecule has 2 aliphatic heterocycles. The molecule has 7 nitrogen and oxygen atoms in total. The molecule has 1 fully saturated rings. The summed E-state index contributed by atoms with van der Waals surface area (Å²) < 4.78 is 13.0. The zero-order chi connectivity index (χ0) is 19.1. The lowest BCUT2D eigenvalue weighted by atomic mass is 10.0. The van der Waals surface area contributed by atoms with Gasteiger partial charge in [0.1, 0.15) is 5.01 Å². The van der Waals surface area contributed by atoms with Crippen LogP contribution in [0.25, 0.3) is 4.96 Å². The Hall–Kier alpha value is -2.45. The van der Waals surface area contributed by atoms with Crippen molar-refractivity contribution in [2.45, 2.75) is 38.8 Å². The topological polar surface area (TPSA) is 69.0 Å². The van der Waals surface area contributed by atoms with Gasteiger partial charge in [0.2, 0.25) is 4.96 Å². The molecule has 0 N–H and O–H groups in total. The van der Waals surface area contributed by atoms with E-state index in [-0.39, 0.29) is 5.56 Å². The maximum atomic E-state index is 12.1. The van der Waals surface area contributed by atoms with E-state index >= 15 is 0 Å². The fourth-order valence-corrected chi connectivity index (χ4v) is 4.95. The van der Waals surface area contributed by atoms with Crippen molar-refractivity contribution in [3.8, 4) is 11.5 Å². The molecule has 0 spiro atoms. The van der Waals surface area contributed by atoms with E-state index in [4.69, 9.17) is 9.47 Å². The number of fused-ring (bicyclic) bond motifs is 2. The molecule has 0 saturated carbocycles.